The minimum absolute atomic E-state index is 0.104. The molecule has 1 rings (SSSR count). The highest BCUT2D eigenvalue weighted by Gasteiger charge is 2.25. The zero-order chi connectivity index (χ0) is 14.7. The average molecular weight is 266 g/mol. The van der Waals surface area contributed by atoms with E-state index in [4.69, 9.17) is 0 Å². The van der Waals surface area contributed by atoms with E-state index in [0.29, 0.717) is 11.3 Å². The van der Waals surface area contributed by atoms with Crippen LogP contribution in [0.25, 0.3) is 0 Å². The van der Waals surface area contributed by atoms with Crippen molar-refractivity contribution in [2.45, 2.75) is 73.5 Å². The molecule has 0 aromatic carbocycles. The summed E-state index contributed by atoms with van der Waals surface area (Å²) in [5.74, 6) is 1.61. The van der Waals surface area contributed by atoms with E-state index in [-0.39, 0.29) is 5.54 Å². The summed E-state index contributed by atoms with van der Waals surface area (Å²) in [6.07, 6.45) is 2.77. The molecule has 1 aromatic rings. The second-order valence-electron chi connectivity index (χ2n) is 7.73. The van der Waals surface area contributed by atoms with Gasteiger partial charge in [0.2, 0.25) is 0 Å². The van der Waals surface area contributed by atoms with Crippen LogP contribution in [-0.2, 0) is 13.1 Å². The first-order valence-corrected chi connectivity index (χ1v) is 7.21. The van der Waals surface area contributed by atoms with Gasteiger partial charge >= 0.3 is 0 Å². The molecule has 0 amide bonds. The Morgan fingerprint density at radius 1 is 1.21 bits per heavy atom. The molecule has 0 radical (unpaired) electrons. The van der Waals surface area contributed by atoms with Gasteiger partial charge in [-0.3, -0.25) is 0 Å². The lowest BCUT2D eigenvalue weighted by Gasteiger charge is -2.33. The van der Waals surface area contributed by atoms with Crippen molar-refractivity contribution in [3.05, 3.63) is 12.2 Å². The van der Waals surface area contributed by atoms with E-state index < -0.39 is 0 Å². The normalized spacial score (nSPS) is 13.3. The zero-order valence-corrected chi connectivity index (χ0v) is 13.6. The van der Waals surface area contributed by atoms with Crippen molar-refractivity contribution in [1.29, 1.82) is 0 Å². The second kappa shape index (κ2) is 6.04. The van der Waals surface area contributed by atoms with Crippen LogP contribution in [0.5, 0.6) is 0 Å². The number of hydrogen-bond acceptors (Lipinski definition) is 3. The summed E-state index contributed by atoms with van der Waals surface area (Å²) in [6, 6.07) is 0. The molecule has 0 bridgehead atoms. The van der Waals surface area contributed by atoms with Crippen molar-refractivity contribution in [2.75, 3.05) is 0 Å². The van der Waals surface area contributed by atoms with Crippen LogP contribution in [0, 0.1) is 11.3 Å². The molecule has 1 heterocycles. The van der Waals surface area contributed by atoms with Gasteiger partial charge in [0.05, 0.1) is 6.54 Å². The Morgan fingerprint density at radius 2 is 1.84 bits per heavy atom. The molecule has 0 aliphatic rings. The van der Waals surface area contributed by atoms with Crippen LogP contribution >= 0.6 is 0 Å². The van der Waals surface area contributed by atoms with Gasteiger partial charge in [-0.05, 0) is 31.6 Å². The maximum atomic E-state index is 4.36. The largest absolute Gasteiger partial charge is 0.305 e. The predicted octanol–water partition coefficient (Wildman–Crippen LogP) is 3.24. The molecule has 0 fully saturated rings. The van der Waals surface area contributed by atoms with Gasteiger partial charge in [0, 0.05) is 12.1 Å². The summed E-state index contributed by atoms with van der Waals surface area (Å²) >= 11 is 0. The van der Waals surface area contributed by atoms with Crippen molar-refractivity contribution in [3.8, 4) is 0 Å². The molecule has 0 atom stereocenters. The molecule has 0 aliphatic heterocycles. The van der Waals surface area contributed by atoms with E-state index >= 15 is 0 Å². The summed E-state index contributed by atoms with van der Waals surface area (Å²) in [5.41, 5.74) is 0.426. The highest BCUT2D eigenvalue weighted by molar-refractivity contribution is 4.89. The standard InChI is InChI=1S/C15H30N4/c1-12(2)9-19-13(16-11-18-19)8-17-15(6,7)10-14(3,4)5/h11-12,17H,8-10H2,1-7H3. The molecule has 0 aliphatic carbocycles. The first kappa shape index (κ1) is 16.2. The van der Waals surface area contributed by atoms with E-state index in [1.165, 1.54) is 0 Å². The number of rotatable bonds is 6. The Morgan fingerprint density at radius 3 is 2.37 bits per heavy atom. The van der Waals surface area contributed by atoms with Crippen molar-refractivity contribution in [1.82, 2.24) is 20.1 Å². The quantitative estimate of drug-likeness (QED) is 0.859. The molecular weight excluding hydrogens is 236 g/mol. The number of aromatic nitrogens is 3. The third-order valence-electron chi connectivity index (χ3n) is 2.93. The number of hydrogen-bond donors (Lipinski definition) is 1. The van der Waals surface area contributed by atoms with Crippen LogP contribution in [0.4, 0.5) is 0 Å². The van der Waals surface area contributed by atoms with Crippen LogP contribution in [-0.4, -0.2) is 20.3 Å². The van der Waals surface area contributed by atoms with Crippen molar-refractivity contribution in [3.63, 3.8) is 0 Å². The summed E-state index contributed by atoms with van der Waals surface area (Å²) in [5, 5.41) is 7.91. The second-order valence-corrected chi connectivity index (χ2v) is 7.73. The van der Waals surface area contributed by atoms with Crippen LogP contribution < -0.4 is 5.32 Å². The van der Waals surface area contributed by atoms with Crippen LogP contribution in [0.2, 0.25) is 0 Å². The highest BCUT2D eigenvalue weighted by atomic mass is 15.3. The first-order valence-electron chi connectivity index (χ1n) is 7.21. The number of nitrogens with zero attached hydrogens (tertiary/aromatic N) is 3. The van der Waals surface area contributed by atoms with E-state index in [1.807, 2.05) is 4.68 Å². The van der Waals surface area contributed by atoms with Crippen LogP contribution in [0.3, 0.4) is 0 Å². The Labute approximate surface area is 118 Å². The molecule has 0 spiro atoms. The van der Waals surface area contributed by atoms with Gasteiger partial charge in [0.1, 0.15) is 12.2 Å². The van der Waals surface area contributed by atoms with E-state index in [1.54, 1.807) is 6.33 Å². The monoisotopic (exact) mass is 266 g/mol. The lowest BCUT2D eigenvalue weighted by atomic mass is 9.82. The fraction of sp³-hybridized carbons (Fsp3) is 0.867. The zero-order valence-electron chi connectivity index (χ0n) is 13.6. The molecular formula is C15H30N4. The van der Waals surface area contributed by atoms with Crippen LogP contribution in [0.1, 0.15) is 60.7 Å². The van der Waals surface area contributed by atoms with Gasteiger partial charge in [-0.25, -0.2) is 9.67 Å². The molecule has 0 saturated carbocycles. The summed E-state index contributed by atoms with van der Waals surface area (Å²) < 4.78 is 2.00. The van der Waals surface area contributed by atoms with E-state index in [2.05, 4.69) is 63.9 Å². The molecule has 4 heteroatoms. The maximum Gasteiger partial charge on any atom is 0.140 e. The fourth-order valence-corrected chi connectivity index (χ4v) is 2.63. The van der Waals surface area contributed by atoms with Crippen molar-refractivity contribution < 1.29 is 0 Å². The number of nitrogens with one attached hydrogen (secondary N) is 1. The van der Waals surface area contributed by atoms with Gasteiger partial charge in [0.15, 0.2) is 0 Å². The first-order chi connectivity index (χ1) is 8.59. The molecule has 110 valence electrons. The van der Waals surface area contributed by atoms with E-state index in [9.17, 15) is 0 Å². The molecule has 0 unspecified atom stereocenters. The summed E-state index contributed by atoms with van der Waals surface area (Å²) in [4.78, 5) is 4.36. The fourth-order valence-electron chi connectivity index (χ4n) is 2.63. The van der Waals surface area contributed by atoms with Gasteiger partial charge in [-0.15, -0.1) is 0 Å². The molecule has 1 aromatic heterocycles. The Bertz CT molecular complexity index is 385. The lowest BCUT2D eigenvalue weighted by Crippen LogP contribution is -2.42. The Kier molecular flexibility index (Phi) is 5.13. The average Bonchev–Trinajstić information content (AvgIpc) is 2.57. The van der Waals surface area contributed by atoms with Gasteiger partial charge < -0.3 is 5.32 Å². The minimum atomic E-state index is 0.104. The smallest absolute Gasteiger partial charge is 0.140 e. The SMILES string of the molecule is CC(C)Cn1ncnc1CNC(C)(C)CC(C)(C)C. The molecule has 1 N–H and O–H groups in total. The van der Waals surface area contributed by atoms with Crippen molar-refractivity contribution >= 4 is 0 Å². The minimum Gasteiger partial charge on any atom is -0.305 e. The molecule has 0 saturated heterocycles. The topological polar surface area (TPSA) is 42.7 Å². The Balaban J connectivity index is 2.59. The third-order valence-corrected chi connectivity index (χ3v) is 2.93. The van der Waals surface area contributed by atoms with Gasteiger partial charge in [-0.2, -0.15) is 5.10 Å². The molecule has 19 heavy (non-hydrogen) atoms. The summed E-state index contributed by atoms with van der Waals surface area (Å²) in [6.45, 7) is 17.4. The van der Waals surface area contributed by atoms with E-state index in [0.717, 1.165) is 25.3 Å². The lowest BCUT2D eigenvalue weighted by molar-refractivity contribution is 0.238. The van der Waals surface area contributed by atoms with Crippen LogP contribution in [0.15, 0.2) is 6.33 Å². The third kappa shape index (κ3) is 6.19. The maximum absolute atomic E-state index is 4.36. The molecule has 4 nitrogen and oxygen atoms in total. The van der Waals surface area contributed by atoms with Gasteiger partial charge in [0.25, 0.3) is 0 Å². The van der Waals surface area contributed by atoms with Crippen molar-refractivity contribution in [2.24, 2.45) is 11.3 Å². The highest BCUT2D eigenvalue weighted by Crippen LogP contribution is 2.26. The summed E-state index contributed by atoms with van der Waals surface area (Å²) in [7, 11) is 0. The Hall–Kier alpha value is -0.900. The van der Waals surface area contributed by atoms with Gasteiger partial charge in [-0.1, -0.05) is 34.6 Å². The predicted molar refractivity (Wildman–Crippen MR) is 79.9 cm³/mol.